The Kier molecular flexibility index (Phi) is 4.03. The molecule has 0 saturated heterocycles. The van der Waals surface area contributed by atoms with Gasteiger partial charge in [0, 0.05) is 6.54 Å². The van der Waals surface area contributed by atoms with Crippen LogP contribution in [0.4, 0.5) is 0 Å². The van der Waals surface area contributed by atoms with Crippen molar-refractivity contribution in [1.82, 2.24) is 5.32 Å². The number of nitriles is 1. The molecular formula is C12H15N3O. The molecule has 0 saturated carbocycles. The topological polar surface area (TPSA) is 78.9 Å². The fourth-order valence-corrected chi connectivity index (χ4v) is 1.33. The maximum Gasteiger partial charge on any atom is 0.234 e. The van der Waals surface area contributed by atoms with Crippen LogP contribution in [0.3, 0.4) is 0 Å². The molecule has 3 N–H and O–H groups in total. The Morgan fingerprint density at radius 1 is 1.62 bits per heavy atom. The number of benzene rings is 1. The fraction of sp³-hybridized carbons (Fsp3) is 0.333. The van der Waals surface area contributed by atoms with E-state index in [2.05, 4.69) is 11.4 Å². The van der Waals surface area contributed by atoms with Gasteiger partial charge in [-0.2, -0.15) is 5.26 Å². The van der Waals surface area contributed by atoms with Gasteiger partial charge in [-0.25, -0.2) is 0 Å². The number of nitrogens with two attached hydrogens (primary N) is 1. The van der Waals surface area contributed by atoms with Crippen LogP contribution in [0.25, 0.3) is 0 Å². The molecule has 0 aliphatic heterocycles. The fourth-order valence-electron chi connectivity index (χ4n) is 1.33. The Morgan fingerprint density at radius 2 is 2.31 bits per heavy atom. The van der Waals surface area contributed by atoms with E-state index in [1.165, 1.54) is 0 Å². The third-order valence-corrected chi connectivity index (χ3v) is 2.50. The van der Waals surface area contributed by atoms with Crippen LogP contribution in [-0.4, -0.2) is 11.9 Å². The summed E-state index contributed by atoms with van der Waals surface area (Å²) in [5.74, 6) is -0.369. The van der Waals surface area contributed by atoms with Crippen LogP contribution in [0, 0.1) is 18.3 Å². The second kappa shape index (κ2) is 5.29. The Hall–Kier alpha value is -1.86. The number of amides is 1. The first-order valence-electron chi connectivity index (χ1n) is 5.07. The Morgan fingerprint density at radius 3 is 2.81 bits per heavy atom. The molecule has 1 amide bonds. The zero-order valence-corrected chi connectivity index (χ0v) is 9.45. The molecule has 0 heterocycles. The number of hydrogen-bond acceptors (Lipinski definition) is 3. The largest absolute Gasteiger partial charge is 0.368 e. The van der Waals surface area contributed by atoms with Gasteiger partial charge in [-0.3, -0.25) is 4.79 Å². The lowest BCUT2D eigenvalue weighted by molar-refractivity contribution is -0.119. The maximum absolute atomic E-state index is 10.8. The van der Waals surface area contributed by atoms with Gasteiger partial charge >= 0.3 is 0 Å². The molecule has 0 fully saturated rings. The van der Waals surface area contributed by atoms with Crippen molar-refractivity contribution in [3.8, 4) is 6.07 Å². The summed E-state index contributed by atoms with van der Waals surface area (Å²) < 4.78 is 0. The predicted molar refractivity (Wildman–Crippen MR) is 61.4 cm³/mol. The molecule has 4 nitrogen and oxygen atoms in total. The summed E-state index contributed by atoms with van der Waals surface area (Å²) in [6.07, 6.45) is 0. The summed E-state index contributed by atoms with van der Waals surface area (Å²) in [4.78, 5) is 10.8. The molecule has 0 bridgehead atoms. The molecule has 1 aromatic rings. The van der Waals surface area contributed by atoms with E-state index in [1.54, 1.807) is 13.0 Å². The zero-order valence-electron chi connectivity index (χ0n) is 9.45. The second-order valence-corrected chi connectivity index (χ2v) is 3.76. The van der Waals surface area contributed by atoms with Crippen molar-refractivity contribution < 1.29 is 4.79 Å². The summed E-state index contributed by atoms with van der Waals surface area (Å²) in [5, 5.41) is 11.7. The predicted octanol–water partition coefficient (Wildman–Crippen LogP) is 0.830. The van der Waals surface area contributed by atoms with Crippen molar-refractivity contribution in [3.63, 3.8) is 0 Å². The average Bonchev–Trinajstić information content (AvgIpc) is 2.26. The zero-order chi connectivity index (χ0) is 12.1. The number of carbonyl (C=O) groups is 1. The standard InChI is InChI=1S/C12H15N3O/c1-8-5-10(6-13)3-4-11(8)7-15-9(2)12(14)16/h3-5,9,15H,7H2,1-2H3,(H2,14,16). The lowest BCUT2D eigenvalue weighted by atomic mass is 10.1. The Labute approximate surface area is 95.1 Å². The highest BCUT2D eigenvalue weighted by Gasteiger charge is 2.08. The number of rotatable bonds is 4. The molecule has 84 valence electrons. The summed E-state index contributed by atoms with van der Waals surface area (Å²) in [7, 11) is 0. The third kappa shape index (κ3) is 3.07. The highest BCUT2D eigenvalue weighted by Crippen LogP contribution is 2.10. The van der Waals surface area contributed by atoms with Crippen LogP contribution in [0.5, 0.6) is 0 Å². The lowest BCUT2D eigenvalue weighted by Crippen LogP contribution is -2.38. The molecule has 1 atom stereocenters. The van der Waals surface area contributed by atoms with Crippen LogP contribution >= 0.6 is 0 Å². The minimum absolute atomic E-state index is 0.352. The highest BCUT2D eigenvalue weighted by molar-refractivity contribution is 5.79. The molecule has 0 aromatic heterocycles. The van der Waals surface area contributed by atoms with Crippen LogP contribution < -0.4 is 11.1 Å². The van der Waals surface area contributed by atoms with E-state index in [1.807, 2.05) is 19.1 Å². The van der Waals surface area contributed by atoms with Crippen molar-refractivity contribution in [1.29, 1.82) is 5.26 Å². The summed E-state index contributed by atoms with van der Waals surface area (Å²) in [6.45, 7) is 4.23. The molecule has 1 aromatic carbocycles. The van der Waals surface area contributed by atoms with Crippen molar-refractivity contribution in [2.24, 2.45) is 5.73 Å². The van der Waals surface area contributed by atoms with E-state index < -0.39 is 0 Å². The Balaban J connectivity index is 2.69. The molecule has 1 rings (SSSR count). The van der Waals surface area contributed by atoms with Gasteiger partial charge in [0.25, 0.3) is 0 Å². The first-order chi connectivity index (χ1) is 7.54. The van der Waals surface area contributed by atoms with E-state index in [-0.39, 0.29) is 11.9 Å². The first-order valence-corrected chi connectivity index (χ1v) is 5.07. The smallest absolute Gasteiger partial charge is 0.234 e. The van der Waals surface area contributed by atoms with E-state index >= 15 is 0 Å². The van der Waals surface area contributed by atoms with Crippen molar-refractivity contribution in [2.45, 2.75) is 26.4 Å². The maximum atomic E-state index is 10.8. The van der Waals surface area contributed by atoms with Gasteiger partial charge in [0.05, 0.1) is 17.7 Å². The quantitative estimate of drug-likeness (QED) is 0.784. The van der Waals surface area contributed by atoms with Gasteiger partial charge in [-0.05, 0) is 37.1 Å². The van der Waals surface area contributed by atoms with E-state index in [0.717, 1.165) is 11.1 Å². The molecule has 1 unspecified atom stereocenters. The number of hydrogen-bond donors (Lipinski definition) is 2. The van der Waals surface area contributed by atoms with Crippen LogP contribution in [0.15, 0.2) is 18.2 Å². The molecule has 16 heavy (non-hydrogen) atoms. The van der Waals surface area contributed by atoms with E-state index in [0.29, 0.717) is 12.1 Å². The second-order valence-electron chi connectivity index (χ2n) is 3.76. The van der Waals surface area contributed by atoms with Crippen molar-refractivity contribution >= 4 is 5.91 Å². The summed E-state index contributed by atoms with van der Waals surface area (Å²) >= 11 is 0. The molecule has 4 heteroatoms. The molecule has 0 aliphatic rings. The summed E-state index contributed by atoms with van der Waals surface area (Å²) in [5.41, 5.74) is 7.87. The van der Waals surface area contributed by atoms with Gasteiger partial charge < -0.3 is 11.1 Å². The molecule has 0 radical (unpaired) electrons. The summed E-state index contributed by atoms with van der Waals surface area (Å²) in [6, 6.07) is 7.20. The van der Waals surface area contributed by atoms with Gasteiger partial charge in [0.1, 0.15) is 0 Å². The van der Waals surface area contributed by atoms with Gasteiger partial charge in [-0.1, -0.05) is 6.07 Å². The van der Waals surface area contributed by atoms with Gasteiger partial charge in [0.15, 0.2) is 0 Å². The monoisotopic (exact) mass is 217 g/mol. The van der Waals surface area contributed by atoms with Crippen LogP contribution in [0.2, 0.25) is 0 Å². The third-order valence-electron chi connectivity index (χ3n) is 2.50. The first kappa shape index (κ1) is 12.2. The number of primary amides is 1. The van der Waals surface area contributed by atoms with Crippen LogP contribution in [-0.2, 0) is 11.3 Å². The van der Waals surface area contributed by atoms with Crippen molar-refractivity contribution in [2.75, 3.05) is 0 Å². The number of aryl methyl sites for hydroxylation is 1. The number of nitrogens with zero attached hydrogens (tertiary/aromatic N) is 1. The van der Waals surface area contributed by atoms with E-state index in [9.17, 15) is 4.79 Å². The lowest BCUT2D eigenvalue weighted by Gasteiger charge is -2.11. The van der Waals surface area contributed by atoms with E-state index in [4.69, 9.17) is 11.0 Å². The SMILES string of the molecule is Cc1cc(C#N)ccc1CNC(C)C(N)=O. The minimum atomic E-state index is -0.369. The normalized spacial score (nSPS) is 11.8. The van der Waals surface area contributed by atoms with Crippen LogP contribution in [0.1, 0.15) is 23.6 Å². The van der Waals surface area contributed by atoms with Crippen molar-refractivity contribution in [3.05, 3.63) is 34.9 Å². The van der Waals surface area contributed by atoms with Gasteiger partial charge in [0.2, 0.25) is 5.91 Å². The van der Waals surface area contributed by atoms with Gasteiger partial charge in [-0.15, -0.1) is 0 Å². The Bertz CT molecular complexity index is 434. The molecule has 0 spiro atoms. The molecule has 0 aliphatic carbocycles. The number of carbonyl (C=O) groups excluding carboxylic acids is 1. The number of nitrogens with one attached hydrogen (secondary N) is 1. The molecular weight excluding hydrogens is 202 g/mol. The average molecular weight is 217 g/mol. The highest BCUT2D eigenvalue weighted by atomic mass is 16.1. The minimum Gasteiger partial charge on any atom is -0.368 e.